The molecule has 3 rings (SSSR count). The van der Waals surface area contributed by atoms with Gasteiger partial charge in [0.1, 0.15) is 0 Å². The molecule has 1 heterocycles. The molecule has 0 fully saturated rings. The first-order chi connectivity index (χ1) is 7.75. The van der Waals surface area contributed by atoms with E-state index in [1.807, 2.05) is 36.4 Å². The lowest BCUT2D eigenvalue weighted by Gasteiger charge is -2.07. The van der Waals surface area contributed by atoms with Gasteiger partial charge in [-0.1, -0.05) is 29.8 Å². The summed E-state index contributed by atoms with van der Waals surface area (Å²) >= 11 is 5.81. The molecule has 1 aromatic carbocycles. The second-order valence-electron chi connectivity index (χ2n) is 3.69. The Balaban J connectivity index is 2.53. The highest BCUT2D eigenvalue weighted by molar-refractivity contribution is 6.30. The summed E-state index contributed by atoms with van der Waals surface area (Å²) in [7, 11) is 0. The summed E-state index contributed by atoms with van der Waals surface area (Å²) in [6.45, 7) is 0. The van der Waals surface area contributed by atoms with Crippen LogP contribution in [0.15, 0.2) is 47.3 Å². The van der Waals surface area contributed by atoms with Gasteiger partial charge in [-0.05, 0) is 29.7 Å². The fourth-order valence-electron chi connectivity index (χ4n) is 1.86. The monoisotopic (exact) mass is 229 g/mol. The summed E-state index contributed by atoms with van der Waals surface area (Å²) in [6.07, 6.45) is 0. The number of hydrogen-bond donors (Lipinski definition) is 1. The van der Waals surface area contributed by atoms with Gasteiger partial charge in [-0.3, -0.25) is 4.79 Å². The van der Waals surface area contributed by atoms with Crippen molar-refractivity contribution >= 4 is 22.5 Å². The molecule has 0 aromatic heterocycles. The topological polar surface area (TPSA) is 32.9 Å². The molecule has 0 saturated heterocycles. The predicted octanol–water partition coefficient (Wildman–Crippen LogP) is 3.29. The number of halogens is 1. The second kappa shape index (κ2) is 3.35. The minimum Gasteiger partial charge on any atom is -0.354 e. The summed E-state index contributed by atoms with van der Waals surface area (Å²) in [5.41, 5.74) is 2.33. The first kappa shape index (κ1) is 9.43. The van der Waals surface area contributed by atoms with E-state index in [0.717, 1.165) is 16.6 Å². The maximum Gasteiger partial charge on any atom is 0.206 e. The molecule has 1 aromatic rings. The minimum atomic E-state index is -0.124. The van der Waals surface area contributed by atoms with Crippen LogP contribution in [0.4, 0.5) is 0 Å². The summed E-state index contributed by atoms with van der Waals surface area (Å²) in [5, 5.41) is 1.27. The van der Waals surface area contributed by atoms with E-state index in [9.17, 15) is 4.79 Å². The molecule has 3 heteroatoms. The molecule has 1 aliphatic carbocycles. The van der Waals surface area contributed by atoms with Gasteiger partial charge in [-0.25, -0.2) is 0 Å². The first-order valence-corrected chi connectivity index (χ1v) is 5.34. The average Bonchev–Trinajstić information content (AvgIpc) is 2.32. The molecule has 0 saturated carbocycles. The van der Waals surface area contributed by atoms with Crippen molar-refractivity contribution in [3.8, 4) is 11.3 Å². The fourth-order valence-corrected chi connectivity index (χ4v) is 2.03. The molecular weight excluding hydrogens is 222 g/mol. The van der Waals surface area contributed by atoms with Crippen LogP contribution in [0, 0.1) is 0 Å². The van der Waals surface area contributed by atoms with E-state index in [2.05, 4.69) is 4.98 Å². The number of hydrogen-bond acceptors (Lipinski definition) is 1. The first-order valence-electron chi connectivity index (χ1n) is 4.96. The van der Waals surface area contributed by atoms with Crippen LogP contribution in [0.3, 0.4) is 0 Å². The second-order valence-corrected chi connectivity index (χ2v) is 4.10. The van der Waals surface area contributed by atoms with E-state index in [4.69, 9.17) is 11.6 Å². The third kappa shape index (κ3) is 1.31. The third-order valence-electron chi connectivity index (χ3n) is 2.68. The highest BCUT2D eigenvalue weighted by Crippen LogP contribution is 2.23. The maximum atomic E-state index is 11.8. The van der Waals surface area contributed by atoms with Crippen LogP contribution in [-0.4, -0.2) is 4.98 Å². The Morgan fingerprint density at radius 2 is 1.88 bits per heavy atom. The predicted molar refractivity (Wildman–Crippen MR) is 66.2 cm³/mol. The summed E-state index contributed by atoms with van der Waals surface area (Å²) in [6, 6.07) is 13.2. The van der Waals surface area contributed by atoms with Crippen LogP contribution in [-0.2, 0) is 0 Å². The lowest BCUT2D eigenvalue weighted by molar-refractivity contribution is 1.37. The average molecular weight is 230 g/mol. The van der Waals surface area contributed by atoms with Gasteiger partial charge in [0, 0.05) is 16.8 Å². The highest BCUT2D eigenvalue weighted by atomic mass is 35.5. The normalized spacial score (nSPS) is 11.1. The van der Waals surface area contributed by atoms with E-state index in [1.54, 1.807) is 6.07 Å². The van der Waals surface area contributed by atoms with Crippen LogP contribution >= 0.6 is 11.6 Å². The van der Waals surface area contributed by atoms with Crippen molar-refractivity contribution < 1.29 is 0 Å². The Morgan fingerprint density at radius 3 is 2.75 bits per heavy atom. The SMILES string of the molecule is O=c1c(Cl)ccc2[nH]c3ccccc3cc1-2. The van der Waals surface area contributed by atoms with Gasteiger partial charge in [0.05, 0.1) is 5.02 Å². The molecule has 0 radical (unpaired) electrons. The Kier molecular flexibility index (Phi) is 1.98. The van der Waals surface area contributed by atoms with E-state index < -0.39 is 0 Å². The number of aromatic amines is 1. The van der Waals surface area contributed by atoms with E-state index in [-0.39, 0.29) is 10.5 Å². The van der Waals surface area contributed by atoms with Gasteiger partial charge < -0.3 is 4.98 Å². The smallest absolute Gasteiger partial charge is 0.206 e. The molecule has 0 unspecified atom stereocenters. The minimum absolute atomic E-state index is 0.124. The molecule has 0 bridgehead atoms. The standard InChI is InChI=1S/C13H8ClNO/c14-10-5-6-12-9(13(10)16)7-8-3-1-2-4-11(8)15-12/h1-7,15H. The molecule has 78 valence electrons. The van der Waals surface area contributed by atoms with Crippen molar-refractivity contribution in [1.82, 2.24) is 4.98 Å². The van der Waals surface area contributed by atoms with Gasteiger partial charge in [0.15, 0.2) is 0 Å². The number of nitrogens with one attached hydrogen (secondary N) is 1. The van der Waals surface area contributed by atoms with Crippen molar-refractivity contribution in [2.45, 2.75) is 0 Å². The van der Waals surface area contributed by atoms with Crippen LogP contribution < -0.4 is 5.43 Å². The Labute approximate surface area is 96.8 Å². The van der Waals surface area contributed by atoms with Gasteiger partial charge in [-0.2, -0.15) is 0 Å². The van der Waals surface area contributed by atoms with Crippen LogP contribution in [0.1, 0.15) is 0 Å². The lowest BCUT2D eigenvalue weighted by Crippen LogP contribution is -2.07. The van der Waals surface area contributed by atoms with Crippen LogP contribution in [0.25, 0.3) is 22.2 Å². The fraction of sp³-hybridized carbons (Fsp3) is 0. The number of rotatable bonds is 0. The van der Waals surface area contributed by atoms with Gasteiger partial charge in [0.25, 0.3) is 0 Å². The summed E-state index contributed by atoms with van der Waals surface area (Å²) in [4.78, 5) is 15.0. The Bertz CT molecular complexity index is 702. The van der Waals surface area contributed by atoms with Gasteiger partial charge in [0.2, 0.25) is 5.43 Å². The zero-order valence-electron chi connectivity index (χ0n) is 8.33. The number of H-pyrrole nitrogens is 1. The molecular formula is C13H8ClNO. The van der Waals surface area contributed by atoms with Crippen molar-refractivity contribution in [3.63, 3.8) is 0 Å². The number of aromatic nitrogens is 1. The molecule has 0 atom stereocenters. The molecule has 0 amide bonds. The Hall–Kier alpha value is -1.80. The number of benzene rings is 2. The highest BCUT2D eigenvalue weighted by Gasteiger charge is 2.09. The quantitative estimate of drug-likeness (QED) is 0.590. The molecule has 1 aliphatic heterocycles. The largest absolute Gasteiger partial charge is 0.354 e. The van der Waals surface area contributed by atoms with Gasteiger partial charge >= 0.3 is 0 Å². The van der Waals surface area contributed by atoms with Crippen LogP contribution in [0.5, 0.6) is 0 Å². The number of para-hydroxylation sites is 1. The maximum absolute atomic E-state index is 11.8. The molecule has 1 N–H and O–H groups in total. The van der Waals surface area contributed by atoms with E-state index in [1.165, 1.54) is 0 Å². The summed E-state index contributed by atoms with van der Waals surface area (Å²) < 4.78 is 0. The zero-order chi connectivity index (χ0) is 11.1. The lowest BCUT2D eigenvalue weighted by atomic mass is 10.1. The molecule has 16 heavy (non-hydrogen) atoms. The van der Waals surface area contributed by atoms with Crippen molar-refractivity contribution in [1.29, 1.82) is 0 Å². The van der Waals surface area contributed by atoms with E-state index >= 15 is 0 Å². The third-order valence-corrected chi connectivity index (χ3v) is 2.98. The van der Waals surface area contributed by atoms with Crippen molar-refractivity contribution in [2.75, 3.05) is 0 Å². The zero-order valence-corrected chi connectivity index (χ0v) is 9.08. The number of fused-ring (bicyclic) bond motifs is 2. The summed E-state index contributed by atoms with van der Waals surface area (Å²) in [5.74, 6) is 0. The van der Waals surface area contributed by atoms with Gasteiger partial charge in [-0.15, -0.1) is 0 Å². The molecule has 2 nitrogen and oxygen atoms in total. The van der Waals surface area contributed by atoms with Crippen molar-refractivity contribution in [3.05, 3.63) is 57.7 Å². The molecule has 2 aliphatic rings. The van der Waals surface area contributed by atoms with E-state index in [0.29, 0.717) is 5.56 Å². The number of pyridine rings is 1. The van der Waals surface area contributed by atoms with Crippen LogP contribution in [0.2, 0.25) is 5.02 Å². The Morgan fingerprint density at radius 1 is 1.06 bits per heavy atom. The molecule has 0 spiro atoms. The van der Waals surface area contributed by atoms with Crippen molar-refractivity contribution in [2.24, 2.45) is 0 Å².